The first-order chi connectivity index (χ1) is 9.52. The van der Waals surface area contributed by atoms with Crippen molar-refractivity contribution in [1.29, 1.82) is 0 Å². The molecule has 106 valence electrons. The molecule has 0 spiro atoms. The van der Waals surface area contributed by atoms with Crippen molar-refractivity contribution in [1.82, 2.24) is 4.90 Å². The SMILES string of the molecule is Cc1ccc([N+](=O)[O-])c(C(=O)N2CCC(=NO)CC2)c1. The molecule has 0 radical (unpaired) electrons. The summed E-state index contributed by atoms with van der Waals surface area (Å²) in [6.45, 7) is 2.60. The Hall–Kier alpha value is -2.44. The van der Waals surface area contributed by atoms with Crippen molar-refractivity contribution < 1.29 is 14.9 Å². The van der Waals surface area contributed by atoms with Gasteiger partial charge in [0.2, 0.25) is 0 Å². The Morgan fingerprint density at radius 3 is 2.60 bits per heavy atom. The molecule has 0 bridgehead atoms. The molecule has 1 N–H and O–H groups in total. The van der Waals surface area contributed by atoms with Crippen LogP contribution in [-0.4, -0.2) is 39.7 Å². The summed E-state index contributed by atoms with van der Waals surface area (Å²) in [5.74, 6) is -0.350. The molecule has 1 fully saturated rings. The molecule has 0 saturated carbocycles. The third-order valence-corrected chi connectivity index (χ3v) is 3.35. The van der Waals surface area contributed by atoms with E-state index in [2.05, 4.69) is 5.16 Å². The van der Waals surface area contributed by atoms with E-state index < -0.39 is 4.92 Å². The minimum absolute atomic E-state index is 0.111. The number of carbonyl (C=O) groups is 1. The standard InChI is InChI=1S/C13H15N3O4/c1-9-2-3-12(16(19)20)11(8-9)13(17)15-6-4-10(14-18)5-7-15/h2-3,8,18H,4-7H2,1H3. The van der Waals surface area contributed by atoms with Crippen LogP contribution in [-0.2, 0) is 0 Å². The van der Waals surface area contributed by atoms with Crippen LogP contribution >= 0.6 is 0 Å². The predicted octanol–water partition coefficient (Wildman–Crippen LogP) is 1.97. The van der Waals surface area contributed by atoms with Crippen molar-refractivity contribution in [2.75, 3.05) is 13.1 Å². The molecule has 7 nitrogen and oxygen atoms in total. The molecule has 1 aliphatic rings. The Bertz CT molecular complexity index is 573. The average Bonchev–Trinajstić information content (AvgIpc) is 2.46. The lowest BCUT2D eigenvalue weighted by atomic mass is 10.0. The van der Waals surface area contributed by atoms with E-state index in [-0.39, 0.29) is 17.2 Å². The van der Waals surface area contributed by atoms with Gasteiger partial charge in [-0.3, -0.25) is 14.9 Å². The van der Waals surface area contributed by atoms with E-state index in [1.54, 1.807) is 17.9 Å². The van der Waals surface area contributed by atoms with Gasteiger partial charge in [-0.05, 0) is 18.6 Å². The monoisotopic (exact) mass is 277 g/mol. The Labute approximate surface area is 115 Å². The van der Waals surface area contributed by atoms with Crippen molar-refractivity contribution in [3.63, 3.8) is 0 Å². The van der Waals surface area contributed by atoms with E-state index in [4.69, 9.17) is 5.21 Å². The fraction of sp³-hybridized carbons (Fsp3) is 0.385. The molecular weight excluding hydrogens is 262 g/mol. The Morgan fingerprint density at radius 2 is 2.05 bits per heavy atom. The number of piperidine rings is 1. The molecule has 0 aromatic heterocycles. The quantitative estimate of drug-likeness (QED) is 0.507. The van der Waals surface area contributed by atoms with E-state index in [9.17, 15) is 14.9 Å². The first-order valence-corrected chi connectivity index (χ1v) is 6.27. The largest absolute Gasteiger partial charge is 0.411 e. The van der Waals surface area contributed by atoms with E-state index in [0.717, 1.165) is 5.56 Å². The zero-order chi connectivity index (χ0) is 14.7. The van der Waals surface area contributed by atoms with Crippen LogP contribution < -0.4 is 0 Å². The smallest absolute Gasteiger partial charge is 0.282 e. The second kappa shape index (κ2) is 5.68. The second-order valence-corrected chi connectivity index (χ2v) is 4.74. The second-order valence-electron chi connectivity index (χ2n) is 4.74. The van der Waals surface area contributed by atoms with Gasteiger partial charge in [0.05, 0.1) is 10.6 Å². The van der Waals surface area contributed by atoms with Crippen LogP contribution in [0.25, 0.3) is 0 Å². The molecule has 1 aliphatic heterocycles. The van der Waals surface area contributed by atoms with Crippen LogP contribution in [0.2, 0.25) is 0 Å². The first kappa shape index (κ1) is 14.0. The van der Waals surface area contributed by atoms with E-state index in [0.29, 0.717) is 31.6 Å². The summed E-state index contributed by atoms with van der Waals surface area (Å²) >= 11 is 0. The number of likely N-dealkylation sites (tertiary alicyclic amines) is 1. The highest BCUT2D eigenvalue weighted by Gasteiger charge is 2.27. The van der Waals surface area contributed by atoms with E-state index in [1.807, 2.05) is 0 Å². The van der Waals surface area contributed by atoms with E-state index in [1.165, 1.54) is 12.1 Å². The molecule has 7 heteroatoms. The molecule has 1 aromatic carbocycles. The number of carbonyl (C=O) groups excluding carboxylic acids is 1. The van der Waals surface area contributed by atoms with Crippen molar-refractivity contribution in [3.8, 4) is 0 Å². The number of rotatable bonds is 2. The highest BCUT2D eigenvalue weighted by molar-refractivity contribution is 5.99. The maximum absolute atomic E-state index is 12.4. The normalized spacial score (nSPS) is 15.1. The zero-order valence-electron chi connectivity index (χ0n) is 11.1. The van der Waals surface area contributed by atoms with Gasteiger partial charge < -0.3 is 10.1 Å². The molecule has 0 atom stereocenters. The van der Waals surface area contributed by atoms with Crippen LogP contribution in [0.5, 0.6) is 0 Å². The van der Waals surface area contributed by atoms with Crippen molar-refractivity contribution >= 4 is 17.3 Å². The molecule has 2 rings (SSSR count). The number of benzene rings is 1. The van der Waals surface area contributed by atoms with Crippen LogP contribution in [0.15, 0.2) is 23.4 Å². The lowest BCUT2D eigenvalue weighted by Crippen LogP contribution is -2.39. The molecule has 1 saturated heterocycles. The molecule has 1 aromatic rings. The van der Waals surface area contributed by atoms with Gasteiger partial charge in [-0.1, -0.05) is 11.2 Å². The van der Waals surface area contributed by atoms with Gasteiger partial charge >= 0.3 is 0 Å². The van der Waals surface area contributed by atoms with Gasteiger partial charge in [-0.15, -0.1) is 0 Å². The number of hydrogen-bond donors (Lipinski definition) is 1. The van der Waals surface area contributed by atoms with E-state index >= 15 is 0 Å². The summed E-state index contributed by atoms with van der Waals surface area (Å²) in [5.41, 5.74) is 1.38. The number of oxime groups is 1. The van der Waals surface area contributed by atoms with Gasteiger partial charge in [0.25, 0.3) is 11.6 Å². The topological polar surface area (TPSA) is 96.0 Å². The number of nitro benzene ring substituents is 1. The number of amides is 1. The summed E-state index contributed by atoms with van der Waals surface area (Å²) in [7, 11) is 0. The lowest BCUT2D eigenvalue weighted by Gasteiger charge is -2.27. The Kier molecular flexibility index (Phi) is 3.97. The van der Waals surface area contributed by atoms with Crippen LogP contribution in [0, 0.1) is 17.0 Å². The van der Waals surface area contributed by atoms with Crippen molar-refractivity contribution in [2.45, 2.75) is 19.8 Å². The zero-order valence-corrected chi connectivity index (χ0v) is 11.1. The molecule has 0 unspecified atom stereocenters. The number of hydrogen-bond acceptors (Lipinski definition) is 5. The number of nitrogens with zero attached hydrogens (tertiary/aromatic N) is 3. The van der Waals surface area contributed by atoms with Gasteiger partial charge in [-0.25, -0.2) is 0 Å². The highest BCUT2D eigenvalue weighted by atomic mass is 16.6. The Morgan fingerprint density at radius 1 is 1.40 bits per heavy atom. The third-order valence-electron chi connectivity index (χ3n) is 3.35. The summed E-state index contributed by atoms with van der Waals surface area (Å²) in [5, 5.41) is 22.8. The van der Waals surface area contributed by atoms with Gasteiger partial charge in [-0.2, -0.15) is 0 Å². The fourth-order valence-electron chi connectivity index (χ4n) is 2.22. The van der Waals surface area contributed by atoms with Crippen LogP contribution in [0.4, 0.5) is 5.69 Å². The van der Waals surface area contributed by atoms with Gasteiger partial charge in [0, 0.05) is 32.0 Å². The van der Waals surface area contributed by atoms with Crippen LogP contribution in [0.1, 0.15) is 28.8 Å². The average molecular weight is 277 g/mol. The number of aryl methyl sites for hydroxylation is 1. The van der Waals surface area contributed by atoms with Gasteiger partial charge in [0.1, 0.15) is 5.56 Å². The van der Waals surface area contributed by atoms with Gasteiger partial charge in [0.15, 0.2) is 0 Å². The summed E-state index contributed by atoms with van der Waals surface area (Å²) in [6.07, 6.45) is 0.976. The highest BCUT2D eigenvalue weighted by Crippen LogP contribution is 2.22. The summed E-state index contributed by atoms with van der Waals surface area (Å²) in [6, 6.07) is 4.50. The van der Waals surface area contributed by atoms with Crippen molar-refractivity contribution in [3.05, 3.63) is 39.4 Å². The summed E-state index contributed by atoms with van der Waals surface area (Å²) < 4.78 is 0. The Balaban J connectivity index is 2.25. The summed E-state index contributed by atoms with van der Waals surface area (Å²) in [4.78, 5) is 24.4. The number of nitro groups is 1. The minimum atomic E-state index is -0.544. The third kappa shape index (κ3) is 2.76. The maximum atomic E-state index is 12.4. The first-order valence-electron chi connectivity index (χ1n) is 6.27. The molecule has 1 amide bonds. The predicted molar refractivity (Wildman–Crippen MR) is 72.2 cm³/mol. The van der Waals surface area contributed by atoms with Crippen LogP contribution in [0.3, 0.4) is 0 Å². The lowest BCUT2D eigenvalue weighted by molar-refractivity contribution is -0.385. The fourth-order valence-corrected chi connectivity index (χ4v) is 2.22. The molecule has 1 heterocycles. The van der Waals surface area contributed by atoms with Crippen molar-refractivity contribution in [2.24, 2.45) is 5.16 Å². The molecule has 0 aliphatic carbocycles. The minimum Gasteiger partial charge on any atom is -0.411 e. The maximum Gasteiger partial charge on any atom is 0.282 e. The molecule has 20 heavy (non-hydrogen) atoms. The molecular formula is C13H15N3O4.